The molecule has 1 aromatic heterocycles. The van der Waals surface area contributed by atoms with E-state index < -0.39 is 18.8 Å². The van der Waals surface area contributed by atoms with Crippen LogP contribution in [0, 0.1) is 11.3 Å². The van der Waals surface area contributed by atoms with Crippen LogP contribution < -0.4 is 5.32 Å². The van der Waals surface area contributed by atoms with Gasteiger partial charge in [0.15, 0.2) is 6.17 Å². The highest BCUT2D eigenvalue weighted by atomic mass is 19.4. The summed E-state index contributed by atoms with van der Waals surface area (Å²) in [6.07, 6.45) is -1.09. The number of nitrogens with one attached hydrogen (secondary N) is 2. The third-order valence-corrected chi connectivity index (χ3v) is 2.96. The van der Waals surface area contributed by atoms with Crippen molar-refractivity contribution < 1.29 is 13.2 Å². The smallest absolute Gasteiger partial charge is 0.370 e. The Morgan fingerprint density at radius 2 is 2.29 bits per heavy atom. The topological polar surface area (TPSA) is 80.1 Å². The number of aromatic nitrogens is 2. The van der Waals surface area contributed by atoms with Crippen LogP contribution in [0.25, 0.3) is 0 Å². The molecular formula is C12H13F3N6. The van der Waals surface area contributed by atoms with E-state index in [9.17, 15) is 13.2 Å². The lowest BCUT2D eigenvalue weighted by Gasteiger charge is -2.32. The van der Waals surface area contributed by atoms with Gasteiger partial charge in [-0.3, -0.25) is 10.1 Å². The molecule has 2 heterocycles. The van der Waals surface area contributed by atoms with Crippen LogP contribution in [0.5, 0.6) is 0 Å². The first-order chi connectivity index (χ1) is 9.92. The predicted molar refractivity (Wildman–Crippen MR) is 68.9 cm³/mol. The van der Waals surface area contributed by atoms with Gasteiger partial charge in [-0.15, -0.1) is 0 Å². The van der Waals surface area contributed by atoms with E-state index >= 15 is 0 Å². The highest BCUT2D eigenvalue weighted by molar-refractivity contribution is 5.85. The molecule has 1 aliphatic heterocycles. The van der Waals surface area contributed by atoms with E-state index in [0.29, 0.717) is 5.82 Å². The molecule has 21 heavy (non-hydrogen) atoms. The van der Waals surface area contributed by atoms with Gasteiger partial charge in [-0.25, -0.2) is 0 Å². The molecule has 0 radical (unpaired) electrons. The maximum atomic E-state index is 12.2. The fraction of sp³-hybridized carbons (Fsp3) is 0.417. The van der Waals surface area contributed by atoms with Crippen molar-refractivity contribution in [1.29, 1.82) is 5.26 Å². The molecule has 2 N–H and O–H groups in total. The Balaban J connectivity index is 2.13. The zero-order valence-corrected chi connectivity index (χ0v) is 11.1. The minimum absolute atomic E-state index is 0.194. The van der Waals surface area contributed by atoms with Crippen molar-refractivity contribution in [3.05, 3.63) is 29.4 Å². The fourth-order valence-electron chi connectivity index (χ4n) is 1.95. The van der Waals surface area contributed by atoms with Crippen molar-refractivity contribution in [1.82, 2.24) is 20.4 Å². The van der Waals surface area contributed by atoms with Gasteiger partial charge in [0.05, 0.1) is 12.6 Å². The van der Waals surface area contributed by atoms with E-state index in [2.05, 4.69) is 20.5 Å². The summed E-state index contributed by atoms with van der Waals surface area (Å²) in [5.41, 5.74) is 0.945. The van der Waals surface area contributed by atoms with Gasteiger partial charge >= 0.3 is 6.18 Å². The van der Waals surface area contributed by atoms with E-state index in [1.807, 2.05) is 6.07 Å². The Labute approximate surface area is 119 Å². The SMILES string of the molecule is CN1C(NCCC(F)(F)F)=C(C#N)C=NC1c1cn[nH]c1. The maximum absolute atomic E-state index is 12.2. The molecule has 0 amide bonds. The molecule has 1 aromatic rings. The average molecular weight is 298 g/mol. The molecule has 0 saturated heterocycles. The third-order valence-electron chi connectivity index (χ3n) is 2.96. The number of rotatable bonds is 4. The number of alkyl halides is 3. The predicted octanol–water partition coefficient (Wildman–Crippen LogP) is 1.70. The molecule has 6 nitrogen and oxygen atoms in total. The first-order valence-electron chi connectivity index (χ1n) is 6.12. The van der Waals surface area contributed by atoms with E-state index in [1.54, 1.807) is 24.3 Å². The van der Waals surface area contributed by atoms with Gasteiger partial charge in [0.2, 0.25) is 0 Å². The van der Waals surface area contributed by atoms with Crippen LogP contribution in [0.2, 0.25) is 0 Å². The molecule has 1 atom stereocenters. The summed E-state index contributed by atoms with van der Waals surface area (Å²) in [5.74, 6) is 0.322. The Morgan fingerprint density at radius 1 is 1.52 bits per heavy atom. The minimum Gasteiger partial charge on any atom is -0.370 e. The monoisotopic (exact) mass is 298 g/mol. The standard InChI is InChI=1S/C12H13F3N6/c1-21-10(17-3-2-12(13,14)15)8(4-16)5-18-11(21)9-6-19-20-7-9/h5-7,11,17H,2-3H2,1H3,(H,19,20). The molecule has 1 aliphatic rings. The second-order valence-corrected chi connectivity index (χ2v) is 4.46. The van der Waals surface area contributed by atoms with Crippen LogP contribution in [0.15, 0.2) is 28.8 Å². The second-order valence-electron chi connectivity index (χ2n) is 4.46. The molecule has 1 unspecified atom stereocenters. The molecule has 0 fully saturated rings. The second kappa shape index (κ2) is 5.87. The minimum atomic E-state index is -4.24. The Morgan fingerprint density at radius 3 is 2.86 bits per heavy atom. The zero-order chi connectivity index (χ0) is 15.5. The van der Waals surface area contributed by atoms with Gasteiger partial charge < -0.3 is 10.2 Å². The summed E-state index contributed by atoms with van der Waals surface area (Å²) in [6.45, 7) is -0.305. The van der Waals surface area contributed by atoms with Gasteiger partial charge in [0.1, 0.15) is 17.5 Å². The van der Waals surface area contributed by atoms with E-state index in [-0.39, 0.29) is 12.1 Å². The lowest BCUT2D eigenvalue weighted by atomic mass is 10.2. The van der Waals surface area contributed by atoms with Gasteiger partial charge in [-0.1, -0.05) is 0 Å². The van der Waals surface area contributed by atoms with Gasteiger partial charge in [-0.05, 0) is 0 Å². The molecule has 0 bridgehead atoms. The fourth-order valence-corrected chi connectivity index (χ4v) is 1.95. The van der Waals surface area contributed by atoms with Gasteiger partial charge in [-0.2, -0.15) is 23.5 Å². The number of hydrogen-bond acceptors (Lipinski definition) is 5. The quantitative estimate of drug-likeness (QED) is 0.886. The molecule has 112 valence electrons. The Bertz CT molecular complexity index is 581. The van der Waals surface area contributed by atoms with Crippen LogP contribution in [0.1, 0.15) is 18.2 Å². The lowest BCUT2D eigenvalue weighted by Crippen LogP contribution is -2.36. The number of hydrogen-bond donors (Lipinski definition) is 2. The molecule has 9 heteroatoms. The van der Waals surface area contributed by atoms with Crippen LogP contribution >= 0.6 is 0 Å². The molecule has 0 aliphatic carbocycles. The van der Waals surface area contributed by atoms with Gasteiger partial charge in [0.25, 0.3) is 0 Å². The highest BCUT2D eigenvalue weighted by Crippen LogP contribution is 2.27. The number of allylic oxidation sites excluding steroid dienone is 1. The number of H-pyrrole nitrogens is 1. The number of aliphatic imine (C=N–C) groups is 1. The zero-order valence-electron chi connectivity index (χ0n) is 11.1. The average Bonchev–Trinajstić information content (AvgIpc) is 2.93. The van der Waals surface area contributed by atoms with Crippen molar-refractivity contribution in [3.63, 3.8) is 0 Å². The number of halogens is 3. The Kier molecular flexibility index (Phi) is 4.16. The molecule has 2 rings (SSSR count). The lowest BCUT2D eigenvalue weighted by molar-refractivity contribution is -0.133. The van der Waals surface area contributed by atoms with Crippen LogP contribution in [-0.4, -0.2) is 41.1 Å². The van der Waals surface area contributed by atoms with Crippen LogP contribution in [0.3, 0.4) is 0 Å². The molecule has 0 saturated carbocycles. The summed E-state index contributed by atoms with van der Waals surface area (Å²) < 4.78 is 36.6. The normalized spacial score (nSPS) is 18.8. The Hall–Kier alpha value is -2.50. The van der Waals surface area contributed by atoms with Crippen molar-refractivity contribution in [2.24, 2.45) is 4.99 Å². The first kappa shape index (κ1) is 14.9. The number of aromatic amines is 1. The van der Waals surface area contributed by atoms with Crippen molar-refractivity contribution in [3.8, 4) is 6.07 Å². The highest BCUT2D eigenvalue weighted by Gasteiger charge is 2.28. The molecular weight excluding hydrogens is 285 g/mol. The largest absolute Gasteiger partial charge is 0.390 e. The van der Waals surface area contributed by atoms with Crippen LogP contribution in [-0.2, 0) is 0 Å². The van der Waals surface area contributed by atoms with Crippen molar-refractivity contribution in [2.45, 2.75) is 18.8 Å². The third kappa shape index (κ3) is 3.53. The summed E-state index contributed by atoms with van der Waals surface area (Å²) in [6, 6.07) is 1.92. The molecule has 0 spiro atoms. The summed E-state index contributed by atoms with van der Waals surface area (Å²) in [5, 5.41) is 18.2. The summed E-state index contributed by atoms with van der Waals surface area (Å²) in [7, 11) is 1.65. The van der Waals surface area contributed by atoms with Crippen molar-refractivity contribution in [2.75, 3.05) is 13.6 Å². The maximum Gasteiger partial charge on any atom is 0.390 e. The molecule has 0 aromatic carbocycles. The summed E-state index contributed by atoms with van der Waals surface area (Å²) in [4.78, 5) is 5.82. The first-order valence-corrected chi connectivity index (χ1v) is 6.12. The van der Waals surface area contributed by atoms with E-state index in [1.165, 1.54) is 6.21 Å². The van der Waals surface area contributed by atoms with E-state index in [0.717, 1.165) is 5.56 Å². The summed E-state index contributed by atoms with van der Waals surface area (Å²) >= 11 is 0. The van der Waals surface area contributed by atoms with E-state index in [4.69, 9.17) is 5.26 Å². The van der Waals surface area contributed by atoms with Crippen LogP contribution in [0.4, 0.5) is 13.2 Å². The number of nitriles is 1. The van der Waals surface area contributed by atoms with Gasteiger partial charge in [0, 0.05) is 31.6 Å². The van der Waals surface area contributed by atoms with Crippen molar-refractivity contribution >= 4 is 6.21 Å². The number of nitrogens with zero attached hydrogens (tertiary/aromatic N) is 4.